The van der Waals surface area contributed by atoms with Gasteiger partial charge in [0.25, 0.3) is 5.91 Å². The maximum Gasteiger partial charge on any atom is 0.251 e. The van der Waals surface area contributed by atoms with E-state index in [2.05, 4.69) is 37.5 Å². The van der Waals surface area contributed by atoms with Crippen molar-refractivity contribution in [2.75, 3.05) is 7.05 Å². The molecule has 0 saturated heterocycles. The standard InChI is InChI=1S/C17H22N2OS/c1-11-9-16(13(3)21-11)12(2)19-10-14-5-7-15(8-6-14)17(20)18-4/h5-9,12,19H,10H2,1-4H3,(H,18,20). The average Bonchev–Trinajstić information content (AvgIpc) is 2.83. The Morgan fingerprint density at radius 2 is 1.90 bits per heavy atom. The Hall–Kier alpha value is -1.65. The first kappa shape index (κ1) is 15.7. The minimum atomic E-state index is -0.0488. The molecule has 0 aliphatic heterocycles. The molecule has 1 unspecified atom stereocenters. The molecule has 112 valence electrons. The number of thiophene rings is 1. The second-order valence-corrected chi connectivity index (χ2v) is 6.71. The zero-order valence-electron chi connectivity index (χ0n) is 13.0. The Morgan fingerprint density at radius 1 is 1.24 bits per heavy atom. The highest BCUT2D eigenvalue weighted by atomic mass is 32.1. The molecule has 1 amide bonds. The summed E-state index contributed by atoms with van der Waals surface area (Å²) >= 11 is 1.84. The van der Waals surface area contributed by atoms with Gasteiger partial charge in [0.2, 0.25) is 0 Å². The van der Waals surface area contributed by atoms with Crippen LogP contribution >= 0.6 is 11.3 Å². The molecule has 0 spiro atoms. The second-order valence-electron chi connectivity index (χ2n) is 5.25. The molecule has 2 rings (SSSR count). The van der Waals surface area contributed by atoms with Crippen molar-refractivity contribution in [1.29, 1.82) is 0 Å². The van der Waals surface area contributed by atoms with Crippen LogP contribution in [0.25, 0.3) is 0 Å². The maximum absolute atomic E-state index is 11.5. The summed E-state index contributed by atoms with van der Waals surface area (Å²) < 4.78 is 0. The fourth-order valence-corrected chi connectivity index (χ4v) is 3.40. The van der Waals surface area contributed by atoms with Gasteiger partial charge in [-0.3, -0.25) is 4.79 Å². The normalized spacial score (nSPS) is 12.2. The fraction of sp³-hybridized carbons (Fsp3) is 0.353. The van der Waals surface area contributed by atoms with Gasteiger partial charge in [-0.25, -0.2) is 0 Å². The van der Waals surface area contributed by atoms with Crippen molar-refractivity contribution in [2.24, 2.45) is 0 Å². The number of aryl methyl sites for hydroxylation is 2. The summed E-state index contributed by atoms with van der Waals surface area (Å²) in [5.74, 6) is -0.0488. The van der Waals surface area contributed by atoms with E-state index in [9.17, 15) is 4.79 Å². The lowest BCUT2D eigenvalue weighted by Crippen LogP contribution is -2.19. The summed E-state index contributed by atoms with van der Waals surface area (Å²) in [6.45, 7) is 7.30. The molecular formula is C17H22N2OS. The first-order valence-corrected chi connectivity index (χ1v) is 7.94. The van der Waals surface area contributed by atoms with Crippen molar-refractivity contribution >= 4 is 17.2 Å². The number of nitrogens with one attached hydrogen (secondary N) is 2. The number of hydrogen-bond donors (Lipinski definition) is 2. The van der Waals surface area contributed by atoms with Gasteiger partial charge < -0.3 is 10.6 Å². The van der Waals surface area contributed by atoms with Gasteiger partial charge in [0, 0.05) is 35.0 Å². The van der Waals surface area contributed by atoms with Gasteiger partial charge in [0.1, 0.15) is 0 Å². The monoisotopic (exact) mass is 302 g/mol. The first-order chi connectivity index (χ1) is 10.0. The van der Waals surface area contributed by atoms with E-state index in [1.807, 2.05) is 35.6 Å². The van der Waals surface area contributed by atoms with E-state index < -0.39 is 0 Å². The van der Waals surface area contributed by atoms with Gasteiger partial charge in [-0.15, -0.1) is 11.3 Å². The lowest BCUT2D eigenvalue weighted by molar-refractivity contribution is 0.0963. The summed E-state index contributed by atoms with van der Waals surface area (Å²) in [7, 11) is 1.64. The van der Waals surface area contributed by atoms with E-state index in [4.69, 9.17) is 0 Å². The molecule has 3 nitrogen and oxygen atoms in total. The van der Waals surface area contributed by atoms with Crippen molar-refractivity contribution in [2.45, 2.75) is 33.4 Å². The highest BCUT2D eigenvalue weighted by molar-refractivity contribution is 7.12. The number of carbonyl (C=O) groups excluding carboxylic acids is 1. The molecule has 0 aliphatic rings. The van der Waals surface area contributed by atoms with Crippen LogP contribution in [0.2, 0.25) is 0 Å². The van der Waals surface area contributed by atoms with E-state index in [1.165, 1.54) is 20.9 Å². The largest absolute Gasteiger partial charge is 0.355 e. The molecule has 21 heavy (non-hydrogen) atoms. The van der Waals surface area contributed by atoms with Gasteiger partial charge in [-0.05, 0) is 50.1 Å². The first-order valence-electron chi connectivity index (χ1n) is 7.12. The van der Waals surface area contributed by atoms with Crippen molar-refractivity contribution in [3.8, 4) is 0 Å². The molecule has 0 radical (unpaired) electrons. The number of amides is 1. The smallest absolute Gasteiger partial charge is 0.251 e. The maximum atomic E-state index is 11.5. The van der Waals surface area contributed by atoms with Crippen molar-refractivity contribution in [3.05, 3.63) is 56.8 Å². The van der Waals surface area contributed by atoms with E-state index in [1.54, 1.807) is 7.05 Å². The van der Waals surface area contributed by atoms with Crippen LogP contribution in [0.4, 0.5) is 0 Å². The van der Waals surface area contributed by atoms with Gasteiger partial charge >= 0.3 is 0 Å². The Balaban J connectivity index is 1.96. The van der Waals surface area contributed by atoms with Crippen LogP contribution < -0.4 is 10.6 Å². The van der Waals surface area contributed by atoms with Crippen LogP contribution in [0.3, 0.4) is 0 Å². The predicted octanol–water partition coefficient (Wildman–Crippen LogP) is 3.58. The quantitative estimate of drug-likeness (QED) is 0.886. The topological polar surface area (TPSA) is 41.1 Å². The van der Waals surface area contributed by atoms with Crippen LogP contribution in [0.15, 0.2) is 30.3 Å². The van der Waals surface area contributed by atoms with Crippen LogP contribution in [0.1, 0.15) is 44.2 Å². The van der Waals surface area contributed by atoms with Gasteiger partial charge in [-0.2, -0.15) is 0 Å². The molecule has 2 N–H and O–H groups in total. The number of rotatable bonds is 5. The van der Waals surface area contributed by atoms with Crippen LogP contribution in [0.5, 0.6) is 0 Å². The number of carbonyl (C=O) groups is 1. The SMILES string of the molecule is CNC(=O)c1ccc(CNC(C)c2cc(C)sc2C)cc1. The Labute approximate surface area is 130 Å². The molecule has 0 fully saturated rings. The summed E-state index contributed by atoms with van der Waals surface area (Å²) in [5, 5.41) is 6.17. The van der Waals surface area contributed by atoms with Gasteiger partial charge in [0.05, 0.1) is 0 Å². The molecule has 0 saturated carbocycles. The molecule has 0 bridgehead atoms. The van der Waals surface area contributed by atoms with Crippen LogP contribution in [-0.2, 0) is 6.54 Å². The zero-order chi connectivity index (χ0) is 15.4. The summed E-state index contributed by atoms with van der Waals surface area (Å²) in [4.78, 5) is 14.2. The molecule has 1 heterocycles. The van der Waals surface area contributed by atoms with Crippen LogP contribution in [-0.4, -0.2) is 13.0 Å². The molecule has 4 heteroatoms. The van der Waals surface area contributed by atoms with E-state index in [-0.39, 0.29) is 5.91 Å². The molecular weight excluding hydrogens is 280 g/mol. The Kier molecular flexibility index (Phi) is 5.15. The van der Waals surface area contributed by atoms with Gasteiger partial charge in [-0.1, -0.05) is 12.1 Å². The minimum Gasteiger partial charge on any atom is -0.355 e. The third kappa shape index (κ3) is 3.93. The molecule has 0 aliphatic carbocycles. The predicted molar refractivity (Wildman–Crippen MR) is 88.9 cm³/mol. The number of benzene rings is 1. The van der Waals surface area contributed by atoms with E-state index in [0.29, 0.717) is 11.6 Å². The van der Waals surface area contributed by atoms with E-state index in [0.717, 1.165) is 6.54 Å². The number of hydrogen-bond acceptors (Lipinski definition) is 3. The minimum absolute atomic E-state index is 0.0488. The molecule has 1 aromatic carbocycles. The lowest BCUT2D eigenvalue weighted by Gasteiger charge is -2.14. The van der Waals surface area contributed by atoms with Crippen molar-refractivity contribution in [1.82, 2.24) is 10.6 Å². The molecule has 1 atom stereocenters. The average molecular weight is 302 g/mol. The third-order valence-corrected chi connectivity index (χ3v) is 4.58. The highest BCUT2D eigenvalue weighted by Crippen LogP contribution is 2.26. The fourth-order valence-electron chi connectivity index (χ4n) is 2.38. The van der Waals surface area contributed by atoms with E-state index >= 15 is 0 Å². The third-order valence-electron chi connectivity index (χ3n) is 3.60. The molecule has 1 aromatic heterocycles. The molecule has 2 aromatic rings. The Morgan fingerprint density at radius 3 is 2.43 bits per heavy atom. The van der Waals surface area contributed by atoms with Gasteiger partial charge in [0.15, 0.2) is 0 Å². The van der Waals surface area contributed by atoms with Crippen molar-refractivity contribution in [3.63, 3.8) is 0 Å². The summed E-state index contributed by atoms with van der Waals surface area (Å²) in [5.41, 5.74) is 3.25. The Bertz CT molecular complexity index is 616. The second kappa shape index (κ2) is 6.87. The summed E-state index contributed by atoms with van der Waals surface area (Å²) in [6.07, 6.45) is 0. The zero-order valence-corrected chi connectivity index (χ0v) is 13.8. The van der Waals surface area contributed by atoms with Crippen molar-refractivity contribution < 1.29 is 4.79 Å². The lowest BCUT2D eigenvalue weighted by atomic mass is 10.1. The highest BCUT2D eigenvalue weighted by Gasteiger charge is 2.10. The summed E-state index contributed by atoms with van der Waals surface area (Å²) in [6, 6.07) is 10.3. The van der Waals surface area contributed by atoms with Crippen LogP contribution in [0, 0.1) is 13.8 Å².